The third-order valence-electron chi connectivity index (χ3n) is 6.01. The van der Waals surface area contributed by atoms with E-state index in [9.17, 15) is 19.7 Å². The third-order valence-corrected chi connectivity index (χ3v) is 6.01. The first kappa shape index (κ1) is 21.0. The van der Waals surface area contributed by atoms with E-state index in [0.29, 0.717) is 0 Å². The van der Waals surface area contributed by atoms with E-state index in [2.05, 4.69) is 15.5 Å². The Morgan fingerprint density at radius 3 is 2.34 bits per heavy atom. The highest BCUT2D eigenvalue weighted by Gasteiger charge is 2.30. The number of quaternary nitrogens is 1. The van der Waals surface area contributed by atoms with Crippen LogP contribution in [0.25, 0.3) is 0 Å². The summed E-state index contributed by atoms with van der Waals surface area (Å²) in [5.41, 5.74) is 1.02. The summed E-state index contributed by atoms with van der Waals surface area (Å²) < 4.78 is 0. The number of nitrogens with one attached hydrogen (secondary N) is 3. The Morgan fingerprint density at radius 1 is 1.14 bits per heavy atom. The molecule has 1 atom stereocenters. The van der Waals surface area contributed by atoms with Crippen LogP contribution in [0.5, 0.6) is 0 Å². The number of benzene rings is 1. The van der Waals surface area contributed by atoms with E-state index in [1.165, 1.54) is 18.6 Å². The summed E-state index contributed by atoms with van der Waals surface area (Å²) in [6, 6.07) is 6.00. The molecule has 1 aromatic carbocycles. The van der Waals surface area contributed by atoms with Crippen molar-refractivity contribution in [3.8, 4) is 0 Å². The minimum absolute atomic E-state index is 0.0785. The lowest BCUT2D eigenvalue weighted by Crippen LogP contribution is -3.19. The Labute approximate surface area is 170 Å². The summed E-state index contributed by atoms with van der Waals surface area (Å²) in [6.07, 6.45) is 5.42. The third kappa shape index (κ3) is 5.66. The van der Waals surface area contributed by atoms with Crippen molar-refractivity contribution in [1.82, 2.24) is 10.6 Å². The fourth-order valence-corrected chi connectivity index (χ4v) is 4.14. The zero-order valence-electron chi connectivity index (χ0n) is 16.9. The van der Waals surface area contributed by atoms with Crippen molar-refractivity contribution in [3.05, 3.63) is 34.4 Å². The first-order valence-corrected chi connectivity index (χ1v) is 10.4. The summed E-state index contributed by atoms with van der Waals surface area (Å²) in [7, 11) is 0. The lowest BCUT2D eigenvalue weighted by molar-refractivity contribution is -0.914. The van der Waals surface area contributed by atoms with Crippen LogP contribution < -0.4 is 20.4 Å². The molecule has 9 nitrogen and oxygen atoms in total. The summed E-state index contributed by atoms with van der Waals surface area (Å²) in [5.74, 6) is -0.253. The molecule has 1 aromatic rings. The van der Waals surface area contributed by atoms with Crippen molar-refractivity contribution in [1.29, 1.82) is 0 Å². The van der Waals surface area contributed by atoms with Crippen LogP contribution in [0.1, 0.15) is 39.0 Å². The molecule has 0 spiro atoms. The normalized spacial score (nSPS) is 19.4. The number of rotatable bonds is 5. The fraction of sp³-hybridized carbons (Fsp3) is 0.600. The number of nitro groups is 1. The maximum absolute atomic E-state index is 12.5. The van der Waals surface area contributed by atoms with Crippen molar-refractivity contribution in [2.75, 3.05) is 31.1 Å². The highest BCUT2D eigenvalue weighted by molar-refractivity contribution is 5.96. The van der Waals surface area contributed by atoms with Crippen LogP contribution in [0.15, 0.2) is 24.3 Å². The summed E-state index contributed by atoms with van der Waals surface area (Å²) in [4.78, 5) is 38.3. The number of anilines is 1. The van der Waals surface area contributed by atoms with Gasteiger partial charge in [-0.15, -0.1) is 0 Å². The molecule has 3 amide bonds. The number of nitrogens with zero attached hydrogens (tertiary/aromatic N) is 2. The minimum Gasteiger partial charge on any atom is -0.360 e. The highest BCUT2D eigenvalue weighted by Crippen LogP contribution is 2.19. The number of imide groups is 1. The number of hydrogen-bond donors (Lipinski definition) is 3. The van der Waals surface area contributed by atoms with Crippen LogP contribution in [-0.4, -0.2) is 55.1 Å². The molecule has 1 aliphatic carbocycles. The van der Waals surface area contributed by atoms with Crippen molar-refractivity contribution in [3.63, 3.8) is 0 Å². The Hall–Kier alpha value is -2.68. The van der Waals surface area contributed by atoms with Gasteiger partial charge in [-0.3, -0.25) is 20.2 Å². The number of amides is 3. The van der Waals surface area contributed by atoms with Gasteiger partial charge in [-0.25, -0.2) is 4.79 Å². The first-order valence-electron chi connectivity index (χ1n) is 10.4. The number of urea groups is 1. The van der Waals surface area contributed by atoms with Crippen LogP contribution in [0, 0.1) is 10.1 Å². The molecule has 3 N–H and O–H groups in total. The predicted molar refractivity (Wildman–Crippen MR) is 109 cm³/mol. The van der Waals surface area contributed by atoms with Crippen LogP contribution in [0.2, 0.25) is 0 Å². The molecule has 2 aliphatic rings. The monoisotopic (exact) mass is 404 g/mol. The van der Waals surface area contributed by atoms with Gasteiger partial charge in [0, 0.05) is 23.9 Å². The smallest absolute Gasteiger partial charge is 0.321 e. The molecular weight excluding hydrogens is 374 g/mol. The average Bonchev–Trinajstić information content (AvgIpc) is 2.74. The molecule has 158 valence electrons. The van der Waals surface area contributed by atoms with Gasteiger partial charge in [0.1, 0.15) is 0 Å². The molecule has 1 heterocycles. The summed E-state index contributed by atoms with van der Waals surface area (Å²) in [6.45, 7) is 4.86. The van der Waals surface area contributed by atoms with Crippen molar-refractivity contribution in [2.24, 2.45) is 0 Å². The van der Waals surface area contributed by atoms with Crippen LogP contribution in [0.3, 0.4) is 0 Å². The SMILES string of the molecule is C[C@@H](C(=O)NC(=O)NC1CCCCC1)[NH+]1CCN(c2ccc([N+](=O)[O-])cc2)CC1. The maximum atomic E-state index is 12.5. The van der Waals surface area contributed by atoms with Gasteiger partial charge in [0.15, 0.2) is 6.04 Å². The van der Waals surface area contributed by atoms with Gasteiger partial charge < -0.3 is 15.1 Å². The molecule has 9 heteroatoms. The molecule has 0 aromatic heterocycles. The van der Waals surface area contributed by atoms with E-state index in [1.54, 1.807) is 12.1 Å². The first-order chi connectivity index (χ1) is 13.9. The van der Waals surface area contributed by atoms with E-state index < -0.39 is 11.0 Å². The van der Waals surface area contributed by atoms with Gasteiger partial charge in [-0.05, 0) is 31.9 Å². The van der Waals surface area contributed by atoms with Gasteiger partial charge >= 0.3 is 6.03 Å². The molecule has 29 heavy (non-hydrogen) atoms. The molecular formula is C20H30N5O4+. The van der Waals surface area contributed by atoms with Gasteiger partial charge in [0.05, 0.1) is 31.1 Å². The number of carbonyl (C=O) groups excluding carboxylic acids is 2. The summed E-state index contributed by atoms with van der Waals surface area (Å²) in [5, 5.41) is 16.2. The Balaban J connectivity index is 1.44. The number of hydrogen-bond acceptors (Lipinski definition) is 5. The molecule has 1 saturated heterocycles. The molecule has 0 radical (unpaired) electrons. The molecule has 0 bridgehead atoms. The fourth-order valence-electron chi connectivity index (χ4n) is 4.14. The second-order valence-corrected chi connectivity index (χ2v) is 7.94. The van der Waals surface area contributed by atoms with Gasteiger partial charge in [-0.1, -0.05) is 19.3 Å². The lowest BCUT2D eigenvalue weighted by Gasteiger charge is -2.36. The van der Waals surface area contributed by atoms with Crippen LogP contribution in [0.4, 0.5) is 16.2 Å². The molecule has 3 rings (SSSR count). The van der Waals surface area contributed by atoms with E-state index in [4.69, 9.17) is 0 Å². The lowest BCUT2D eigenvalue weighted by atomic mass is 9.96. The Morgan fingerprint density at radius 2 is 1.76 bits per heavy atom. The predicted octanol–water partition coefficient (Wildman–Crippen LogP) is 0.847. The minimum atomic E-state index is -0.406. The molecule has 0 unspecified atom stereocenters. The van der Waals surface area contributed by atoms with Gasteiger partial charge in [0.2, 0.25) is 0 Å². The van der Waals surface area contributed by atoms with Crippen molar-refractivity contribution < 1.29 is 19.4 Å². The Bertz CT molecular complexity index is 725. The molecule has 2 fully saturated rings. The quantitative estimate of drug-likeness (QED) is 0.498. The number of non-ortho nitro benzene ring substituents is 1. The average molecular weight is 404 g/mol. The largest absolute Gasteiger partial charge is 0.360 e. The zero-order valence-corrected chi connectivity index (χ0v) is 16.9. The Kier molecular flexibility index (Phi) is 7.03. The van der Waals surface area contributed by atoms with E-state index in [0.717, 1.165) is 62.4 Å². The number of carbonyl (C=O) groups is 2. The number of piperazine rings is 1. The van der Waals surface area contributed by atoms with Crippen molar-refractivity contribution in [2.45, 2.75) is 51.1 Å². The molecule has 1 saturated carbocycles. The van der Waals surface area contributed by atoms with E-state index >= 15 is 0 Å². The standard InChI is InChI=1S/C20H29N5O4/c1-15(19(26)22-20(27)21-16-5-3-2-4-6-16)23-11-13-24(14-12-23)17-7-9-18(10-8-17)25(28)29/h7-10,15-16H,2-6,11-14H2,1H3,(H2,21,22,26,27)/p+1/t15-/m0/s1. The summed E-state index contributed by atoms with van der Waals surface area (Å²) >= 11 is 0. The van der Waals surface area contributed by atoms with E-state index in [-0.39, 0.29) is 23.7 Å². The number of nitro benzene ring substituents is 1. The second kappa shape index (κ2) is 9.69. The van der Waals surface area contributed by atoms with Gasteiger partial charge in [-0.2, -0.15) is 0 Å². The highest BCUT2D eigenvalue weighted by atomic mass is 16.6. The molecule has 1 aliphatic heterocycles. The maximum Gasteiger partial charge on any atom is 0.321 e. The topological polar surface area (TPSA) is 109 Å². The van der Waals surface area contributed by atoms with Crippen LogP contribution in [-0.2, 0) is 4.79 Å². The van der Waals surface area contributed by atoms with E-state index in [1.807, 2.05) is 6.92 Å². The van der Waals surface area contributed by atoms with Gasteiger partial charge in [0.25, 0.3) is 11.6 Å². The van der Waals surface area contributed by atoms with Crippen LogP contribution >= 0.6 is 0 Å². The zero-order chi connectivity index (χ0) is 20.8. The second-order valence-electron chi connectivity index (χ2n) is 7.94. The van der Waals surface area contributed by atoms with Crippen molar-refractivity contribution >= 4 is 23.3 Å².